The molecule has 0 spiro atoms. The van der Waals surface area contributed by atoms with Crippen molar-refractivity contribution >= 4 is 0 Å². The van der Waals surface area contributed by atoms with Crippen molar-refractivity contribution < 1.29 is 4.39 Å². The molecule has 1 rings (SSSR count). The van der Waals surface area contributed by atoms with E-state index in [-0.39, 0.29) is 5.92 Å². The first-order valence-corrected chi connectivity index (χ1v) is 4.28. The SMILES string of the molecule is C=CN1CC[C@H](CC)[C@@H](F)C1. The monoisotopic (exact) mass is 157 g/mol. The summed E-state index contributed by atoms with van der Waals surface area (Å²) in [5, 5.41) is 0. The van der Waals surface area contributed by atoms with Crippen LogP contribution in [0.15, 0.2) is 12.8 Å². The molecule has 0 aromatic heterocycles. The van der Waals surface area contributed by atoms with Crippen molar-refractivity contribution in [2.75, 3.05) is 13.1 Å². The molecule has 0 unspecified atom stereocenters. The molecule has 1 nitrogen and oxygen atoms in total. The molecule has 0 aliphatic carbocycles. The van der Waals surface area contributed by atoms with E-state index in [2.05, 4.69) is 13.5 Å². The van der Waals surface area contributed by atoms with Crippen LogP contribution in [0.3, 0.4) is 0 Å². The van der Waals surface area contributed by atoms with Crippen molar-refractivity contribution in [3.63, 3.8) is 0 Å². The molecule has 11 heavy (non-hydrogen) atoms. The highest BCUT2D eigenvalue weighted by Crippen LogP contribution is 2.22. The van der Waals surface area contributed by atoms with Crippen molar-refractivity contribution in [2.24, 2.45) is 5.92 Å². The van der Waals surface area contributed by atoms with Crippen LogP contribution in [0, 0.1) is 5.92 Å². The first-order chi connectivity index (χ1) is 5.27. The van der Waals surface area contributed by atoms with E-state index in [1.54, 1.807) is 6.20 Å². The van der Waals surface area contributed by atoms with Gasteiger partial charge in [-0.3, -0.25) is 0 Å². The Hall–Kier alpha value is -0.530. The van der Waals surface area contributed by atoms with Gasteiger partial charge in [0.1, 0.15) is 6.17 Å². The zero-order chi connectivity index (χ0) is 8.27. The number of likely N-dealkylation sites (tertiary alicyclic amines) is 1. The first-order valence-electron chi connectivity index (χ1n) is 4.28. The average molecular weight is 157 g/mol. The Morgan fingerprint density at radius 1 is 1.73 bits per heavy atom. The summed E-state index contributed by atoms with van der Waals surface area (Å²) in [7, 11) is 0. The lowest BCUT2D eigenvalue weighted by Crippen LogP contribution is -2.38. The van der Waals surface area contributed by atoms with Crippen LogP contribution in [-0.4, -0.2) is 24.2 Å². The molecule has 1 aliphatic rings. The molecule has 1 aliphatic heterocycles. The van der Waals surface area contributed by atoms with Crippen molar-refractivity contribution in [1.82, 2.24) is 4.90 Å². The first kappa shape index (κ1) is 8.57. The zero-order valence-corrected chi connectivity index (χ0v) is 7.09. The second-order valence-electron chi connectivity index (χ2n) is 3.15. The van der Waals surface area contributed by atoms with Crippen molar-refractivity contribution in [3.05, 3.63) is 12.8 Å². The van der Waals surface area contributed by atoms with Gasteiger partial charge in [0.2, 0.25) is 0 Å². The maximum absolute atomic E-state index is 13.2. The summed E-state index contributed by atoms with van der Waals surface area (Å²) in [6, 6.07) is 0. The second-order valence-corrected chi connectivity index (χ2v) is 3.15. The van der Waals surface area contributed by atoms with Crippen LogP contribution in [-0.2, 0) is 0 Å². The van der Waals surface area contributed by atoms with Gasteiger partial charge >= 0.3 is 0 Å². The molecule has 2 atom stereocenters. The van der Waals surface area contributed by atoms with E-state index >= 15 is 0 Å². The quantitative estimate of drug-likeness (QED) is 0.594. The molecule has 0 radical (unpaired) electrons. The summed E-state index contributed by atoms with van der Waals surface area (Å²) in [4.78, 5) is 1.96. The van der Waals surface area contributed by atoms with Gasteiger partial charge in [0, 0.05) is 13.1 Å². The van der Waals surface area contributed by atoms with Gasteiger partial charge in [-0.2, -0.15) is 0 Å². The number of piperidine rings is 1. The number of hydrogen-bond donors (Lipinski definition) is 0. The predicted octanol–water partition coefficient (Wildman–Crippen LogP) is 2.20. The summed E-state index contributed by atoms with van der Waals surface area (Å²) in [6.45, 7) is 7.20. The summed E-state index contributed by atoms with van der Waals surface area (Å²) in [5.74, 6) is 0.284. The Morgan fingerprint density at radius 2 is 2.45 bits per heavy atom. The van der Waals surface area contributed by atoms with Crippen LogP contribution >= 0.6 is 0 Å². The Bertz CT molecular complexity index is 136. The van der Waals surface area contributed by atoms with E-state index in [1.165, 1.54) is 0 Å². The zero-order valence-electron chi connectivity index (χ0n) is 7.09. The molecule has 0 aromatic carbocycles. The predicted molar refractivity (Wildman–Crippen MR) is 45.1 cm³/mol. The highest BCUT2D eigenvalue weighted by Gasteiger charge is 2.25. The normalized spacial score (nSPS) is 32.0. The fourth-order valence-corrected chi connectivity index (χ4v) is 1.60. The minimum Gasteiger partial charge on any atom is -0.375 e. The van der Waals surface area contributed by atoms with Gasteiger partial charge in [-0.05, 0) is 18.5 Å². The van der Waals surface area contributed by atoms with Crippen LogP contribution in [0.4, 0.5) is 4.39 Å². The summed E-state index contributed by atoms with van der Waals surface area (Å²) >= 11 is 0. The number of halogens is 1. The van der Waals surface area contributed by atoms with E-state index in [1.807, 2.05) is 4.90 Å². The summed E-state index contributed by atoms with van der Waals surface area (Å²) < 4.78 is 13.2. The number of hydrogen-bond acceptors (Lipinski definition) is 1. The fraction of sp³-hybridized carbons (Fsp3) is 0.778. The van der Waals surface area contributed by atoms with E-state index < -0.39 is 6.17 Å². The lowest BCUT2D eigenvalue weighted by Gasteiger charge is -2.33. The molecule has 1 saturated heterocycles. The lowest BCUT2D eigenvalue weighted by atomic mass is 9.93. The van der Waals surface area contributed by atoms with Gasteiger partial charge in [-0.25, -0.2) is 4.39 Å². The van der Waals surface area contributed by atoms with E-state index in [0.717, 1.165) is 19.4 Å². The Balaban J connectivity index is 2.40. The van der Waals surface area contributed by atoms with Gasteiger partial charge < -0.3 is 4.90 Å². The maximum atomic E-state index is 13.2. The molecule has 0 bridgehead atoms. The maximum Gasteiger partial charge on any atom is 0.120 e. The molecule has 64 valence electrons. The van der Waals surface area contributed by atoms with Crippen LogP contribution in [0.5, 0.6) is 0 Å². The third kappa shape index (κ3) is 1.95. The lowest BCUT2D eigenvalue weighted by molar-refractivity contribution is 0.112. The molecule has 0 saturated carbocycles. The molecular weight excluding hydrogens is 141 g/mol. The van der Waals surface area contributed by atoms with Crippen molar-refractivity contribution in [1.29, 1.82) is 0 Å². The molecule has 0 N–H and O–H groups in total. The van der Waals surface area contributed by atoms with Crippen LogP contribution in [0.1, 0.15) is 19.8 Å². The minimum absolute atomic E-state index is 0.284. The third-order valence-corrected chi connectivity index (χ3v) is 2.49. The second kappa shape index (κ2) is 3.74. The van der Waals surface area contributed by atoms with Gasteiger partial charge in [-0.1, -0.05) is 19.9 Å². The van der Waals surface area contributed by atoms with Gasteiger partial charge in [0.05, 0.1) is 0 Å². The fourth-order valence-electron chi connectivity index (χ4n) is 1.60. The smallest absolute Gasteiger partial charge is 0.120 e. The van der Waals surface area contributed by atoms with Crippen molar-refractivity contribution in [2.45, 2.75) is 25.9 Å². The molecule has 1 fully saturated rings. The average Bonchev–Trinajstić information content (AvgIpc) is 2.04. The molecular formula is C9H16FN. The Labute approximate surface area is 67.9 Å². The molecule has 2 heteroatoms. The summed E-state index contributed by atoms with van der Waals surface area (Å²) in [6.07, 6.45) is 3.03. The van der Waals surface area contributed by atoms with E-state index in [0.29, 0.717) is 6.54 Å². The summed E-state index contributed by atoms with van der Waals surface area (Å²) in [5.41, 5.74) is 0. The van der Waals surface area contributed by atoms with Crippen LogP contribution in [0.25, 0.3) is 0 Å². The Kier molecular flexibility index (Phi) is 2.92. The van der Waals surface area contributed by atoms with Gasteiger partial charge in [0.25, 0.3) is 0 Å². The largest absolute Gasteiger partial charge is 0.375 e. The van der Waals surface area contributed by atoms with E-state index in [9.17, 15) is 4.39 Å². The van der Waals surface area contributed by atoms with Crippen LogP contribution in [0.2, 0.25) is 0 Å². The number of alkyl halides is 1. The standard InChI is InChI=1S/C9H16FN/c1-3-8-5-6-11(4-2)7-9(8)10/h4,8-9H,2-3,5-7H2,1H3/t8-,9-/m0/s1. The van der Waals surface area contributed by atoms with Crippen LogP contribution < -0.4 is 0 Å². The van der Waals surface area contributed by atoms with Gasteiger partial charge in [0.15, 0.2) is 0 Å². The molecule has 1 heterocycles. The Morgan fingerprint density at radius 3 is 2.91 bits per heavy atom. The highest BCUT2D eigenvalue weighted by atomic mass is 19.1. The number of rotatable bonds is 2. The topological polar surface area (TPSA) is 3.24 Å². The highest BCUT2D eigenvalue weighted by molar-refractivity contribution is 4.83. The number of nitrogens with zero attached hydrogens (tertiary/aromatic N) is 1. The third-order valence-electron chi connectivity index (χ3n) is 2.49. The minimum atomic E-state index is -0.647. The molecule has 0 amide bonds. The molecule has 0 aromatic rings. The van der Waals surface area contributed by atoms with E-state index in [4.69, 9.17) is 0 Å². The van der Waals surface area contributed by atoms with Crippen molar-refractivity contribution in [3.8, 4) is 0 Å². The van der Waals surface area contributed by atoms with Gasteiger partial charge in [-0.15, -0.1) is 0 Å².